The van der Waals surface area contributed by atoms with Gasteiger partial charge in [-0.1, -0.05) is 37.1 Å². The fourth-order valence-corrected chi connectivity index (χ4v) is 7.75. The molecule has 0 aromatic carbocycles. The molecular weight excluding hydrogens is 804 g/mol. The summed E-state index contributed by atoms with van der Waals surface area (Å²) in [6.07, 6.45) is -14.6. The van der Waals surface area contributed by atoms with E-state index in [9.17, 15) is 60.0 Å². The van der Waals surface area contributed by atoms with Crippen molar-refractivity contribution in [2.24, 2.45) is 11.8 Å². The van der Waals surface area contributed by atoms with E-state index < -0.39 is 128 Å². The molecule has 2 amide bonds. The molecule has 0 saturated carbocycles. The monoisotopic (exact) mass is 870 g/mol. The molecule has 1 aromatic rings. The fourth-order valence-electron chi connectivity index (χ4n) is 7.75. The number of carbonyl (C=O) groups is 2. The molecule has 346 valence electrons. The quantitative estimate of drug-likeness (QED) is 0.0693. The molecule has 0 aliphatic carbocycles. The SMILES string of the molecule is CC(C)=CCC[C@@H](C)CC(=O)N[C@H]1[C@@H](O[C@@H]2O[C@H](C[C@@H](O)[C@@H]3O[C@@H](n4ccc(=O)[nH]c4=O)[C@H](O)[C@@H]3O)[C@H](O)[C@H](O)[C@H]2NC(=O)C[C@@H](C)CCC=C(C)C)O[C@H](CO)[C@@H](O)[C@@H]1O. The number of nitrogens with zero attached hydrogens (tertiary/aromatic N) is 1. The minimum atomic E-state index is -1.85. The van der Waals surface area contributed by atoms with Crippen molar-refractivity contribution < 1.29 is 69.4 Å². The van der Waals surface area contributed by atoms with Gasteiger partial charge in [0.25, 0.3) is 5.56 Å². The van der Waals surface area contributed by atoms with Crippen molar-refractivity contribution in [1.29, 1.82) is 0 Å². The molecule has 1 aromatic heterocycles. The Bertz CT molecular complexity index is 1760. The van der Waals surface area contributed by atoms with Crippen molar-refractivity contribution in [2.75, 3.05) is 6.61 Å². The van der Waals surface area contributed by atoms with Gasteiger partial charge in [0.15, 0.2) is 18.8 Å². The molecule has 4 rings (SSSR count). The second-order valence-corrected chi connectivity index (χ2v) is 17.2. The summed E-state index contributed by atoms with van der Waals surface area (Å²) >= 11 is 0. The predicted octanol–water partition coefficient (Wildman–Crippen LogP) is -1.68. The van der Waals surface area contributed by atoms with Crippen LogP contribution in [0.15, 0.2) is 45.2 Å². The zero-order valence-electron chi connectivity index (χ0n) is 35.6. The van der Waals surface area contributed by atoms with E-state index in [1.807, 2.05) is 58.7 Å². The molecule has 4 heterocycles. The van der Waals surface area contributed by atoms with Crippen LogP contribution in [0.5, 0.6) is 0 Å². The van der Waals surface area contributed by atoms with Gasteiger partial charge in [-0.2, -0.15) is 0 Å². The zero-order valence-corrected chi connectivity index (χ0v) is 35.6. The van der Waals surface area contributed by atoms with Crippen LogP contribution in [0, 0.1) is 11.8 Å². The van der Waals surface area contributed by atoms with E-state index in [2.05, 4.69) is 10.6 Å². The molecule has 20 heteroatoms. The number of aromatic nitrogens is 2. The first-order valence-corrected chi connectivity index (χ1v) is 20.9. The Balaban J connectivity index is 1.59. The van der Waals surface area contributed by atoms with Crippen LogP contribution < -0.4 is 21.9 Å². The van der Waals surface area contributed by atoms with E-state index in [1.165, 1.54) is 0 Å². The summed E-state index contributed by atoms with van der Waals surface area (Å²) in [5.74, 6) is -1.26. The zero-order chi connectivity index (χ0) is 45.3. The lowest BCUT2D eigenvalue weighted by Gasteiger charge is -2.47. The highest BCUT2D eigenvalue weighted by molar-refractivity contribution is 5.77. The molecule has 11 N–H and O–H groups in total. The number of allylic oxidation sites excluding steroid dienone is 4. The van der Waals surface area contributed by atoms with Gasteiger partial charge in [-0.25, -0.2) is 4.79 Å². The van der Waals surface area contributed by atoms with Gasteiger partial charge in [0, 0.05) is 31.5 Å². The maximum Gasteiger partial charge on any atom is 0.330 e. The van der Waals surface area contributed by atoms with Gasteiger partial charge in [-0.15, -0.1) is 0 Å². The van der Waals surface area contributed by atoms with Gasteiger partial charge in [0.2, 0.25) is 11.8 Å². The molecule has 0 spiro atoms. The maximum atomic E-state index is 13.4. The number of aliphatic hydroxyl groups excluding tert-OH is 8. The molecule has 3 aliphatic heterocycles. The number of aromatic amines is 1. The van der Waals surface area contributed by atoms with E-state index in [0.29, 0.717) is 12.8 Å². The number of aliphatic hydroxyl groups is 8. The van der Waals surface area contributed by atoms with E-state index in [0.717, 1.165) is 40.8 Å². The molecule has 0 radical (unpaired) electrons. The maximum absolute atomic E-state index is 13.4. The van der Waals surface area contributed by atoms with Crippen molar-refractivity contribution in [3.63, 3.8) is 0 Å². The molecule has 3 saturated heterocycles. The highest BCUT2D eigenvalue weighted by Crippen LogP contribution is 2.35. The number of H-pyrrole nitrogens is 1. The summed E-state index contributed by atoms with van der Waals surface area (Å²) in [5.41, 5.74) is 0.569. The summed E-state index contributed by atoms with van der Waals surface area (Å²) in [7, 11) is 0. The van der Waals surface area contributed by atoms with Gasteiger partial charge in [-0.3, -0.25) is 23.9 Å². The van der Waals surface area contributed by atoms with Crippen LogP contribution >= 0.6 is 0 Å². The van der Waals surface area contributed by atoms with Crippen molar-refractivity contribution in [1.82, 2.24) is 20.2 Å². The number of hydrogen-bond donors (Lipinski definition) is 11. The summed E-state index contributed by atoms with van der Waals surface area (Å²) in [6, 6.07) is -2.02. The van der Waals surface area contributed by atoms with E-state index in [-0.39, 0.29) is 24.7 Å². The van der Waals surface area contributed by atoms with Crippen LogP contribution in [0.2, 0.25) is 0 Å². The Hall–Kier alpha value is -3.38. The second kappa shape index (κ2) is 22.8. The Morgan fingerprint density at radius 2 is 1.26 bits per heavy atom. The highest BCUT2D eigenvalue weighted by Gasteiger charge is 2.53. The third-order valence-electron chi connectivity index (χ3n) is 11.3. The lowest BCUT2D eigenvalue weighted by Crippen LogP contribution is -2.69. The lowest BCUT2D eigenvalue weighted by molar-refractivity contribution is -0.347. The number of carbonyl (C=O) groups excluding carboxylic acids is 2. The molecular formula is C41H66N4O16. The smallest absolute Gasteiger partial charge is 0.330 e. The first-order valence-electron chi connectivity index (χ1n) is 20.9. The van der Waals surface area contributed by atoms with Crippen molar-refractivity contribution in [3.8, 4) is 0 Å². The van der Waals surface area contributed by atoms with Crippen LogP contribution in [-0.4, -0.2) is 155 Å². The van der Waals surface area contributed by atoms with Gasteiger partial charge in [0.05, 0.1) is 18.8 Å². The molecule has 0 unspecified atom stereocenters. The third kappa shape index (κ3) is 13.6. The number of amides is 2. The summed E-state index contributed by atoms with van der Waals surface area (Å²) in [5, 5.41) is 93.2. The van der Waals surface area contributed by atoms with E-state index >= 15 is 0 Å². The molecule has 61 heavy (non-hydrogen) atoms. The molecule has 0 bridgehead atoms. The van der Waals surface area contributed by atoms with Gasteiger partial charge in [-0.05, 0) is 65.2 Å². The molecule has 17 atom stereocenters. The molecule has 3 fully saturated rings. The average molecular weight is 871 g/mol. The Kier molecular flexibility index (Phi) is 18.8. The minimum absolute atomic E-state index is 0.00543. The Labute approximate surface area is 354 Å². The van der Waals surface area contributed by atoms with Gasteiger partial charge < -0.3 is 70.4 Å². The molecule has 3 aliphatic rings. The normalized spacial score (nSPS) is 34.2. The largest absolute Gasteiger partial charge is 0.394 e. The predicted molar refractivity (Wildman–Crippen MR) is 216 cm³/mol. The van der Waals surface area contributed by atoms with Crippen LogP contribution in [0.1, 0.15) is 92.7 Å². The van der Waals surface area contributed by atoms with Crippen LogP contribution in [0.4, 0.5) is 0 Å². The van der Waals surface area contributed by atoms with Crippen LogP contribution in [0.3, 0.4) is 0 Å². The Morgan fingerprint density at radius 3 is 1.74 bits per heavy atom. The Morgan fingerprint density at radius 1 is 0.770 bits per heavy atom. The van der Waals surface area contributed by atoms with E-state index in [1.54, 1.807) is 0 Å². The number of nitrogens with one attached hydrogen (secondary N) is 3. The average Bonchev–Trinajstić information content (AvgIpc) is 3.47. The first-order chi connectivity index (χ1) is 28.7. The van der Waals surface area contributed by atoms with Crippen LogP contribution in [-0.2, 0) is 28.5 Å². The van der Waals surface area contributed by atoms with Crippen molar-refractivity contribution in [3.05, 3.63) is 56.4 Å². The van der Waals surface area contributed by atoms with Crippen molar-refractivity contribution in [2.45, 2.75) is 178 Å². The van der Waals surface area contributed by atoms with Crippen LogP contribution in [0.25, 0.3) is 0 Å². The fraction of sp³-hybridized carbons (Fsp3) is 0.756. The highest BCUT2D eigenvalue weighted by atomic mass is 16.8. The summed E-state index contributed by atoms with van der Waals surface area (Å²) in [4.78, 5) is 52.8. The number of rotatable bonds is 19. The van der Waals surface area contributed by atoms with Gasteiger partial charge in [0.1, 0.15) is 60.9 Å². The van der Waals surface area contributed by atoms with Gasteiger partial charge >= 0.3 is 5.69 Å². The summed E-state index contributed by atoms with van der Waals surface area (Å²) < 4.78 is 24.6. The molecule has 20 nitrogen and oxygen atoms in total. The topological polar surface area (TPSA) is 312 Å². The standard InChI is InChI=1S/C41H66N4O16/c1-19(2)9-7-11-21(5)15-27(49)42-29-33(53)31(51)24(17-23(47)37-35(55)36(56)38(60-37)45-14-13-26(48)44-41(45)57)58-39(29)61-40-30(34(54)32(52)25(18-46)59-40)43-28(50)16-22(6)12-8-10-20(3)4/h9-10,13-14,21-25,29-40,46-47,51-56H,7-8,11-12,15-18H2,1-6H3,(H,42,49)(H,43,50)(H,44,48,57)/t21-,22+,23+,24+,25+,29+,30+,31-,32+,33+,34+,35-,36+,37-,38+,39-,40+/m0/s1. The first kappa shape index (κ1) is 50.3. The lowest BCUT2D eigenvalue weighted by atomic mass is 9.90. The minimum Gasteiger partial charge on any atom is -0.394 e. The van der Waals surface area contributed by atoms with Crippen molar-refractivity contribution >= 4 is 11.8 Å². The van der Waals surface area contributed by atoms with E-state index in [4.69, 9.17) is 18.9 Å². The summed E-state index contributed by atoms with van der Waals surface area (Å²) in [6.45, 7) is 10.8. The number of hydrogen-bond acceptors (Lipinski definition) is 16. The number of ether oxygens (including phenoxy) is 4. The third-order valence-corrected chi connectivity index (χ3v) is 11.3. The second-order valence-electron chi connectivity index (χ2n) is 17.2.